The first-order valence-electron chi connectivity index (χ1n) is 11.8. The van der Waals surface area contributed by atoms with Crippen LogP contribution in [0.4, 0.5) is 0 Å². The van der Waals surface area contributed by atoms with Crippen LogP contribution in [0.3, 0.4) is 0 Å². The van der Waals surface area contributed by atoms with Crippen molar-refractivity contribution in [3.63, 3.8) is 0 Å². The fourth-order valence-electron chi connectivity index (χ4n) is 4.41. The molecule has 0 bridgehead atoms. The van der Waals surface area contributed by atoms with Gasteiger partial charge in [-0.2, -0.15) is 0 Å². The number of rotatable bonds is 8. The molecule has 0 saturated heterocycles. The topological polar surface area (TPSA) is 144 Å². The Morgan fingerprint density at radius 2 is 0.972 bits per heavy atom. The number of hydrogen-bond donors (Lipinski definition) is 2. The lowest BCUT2D eigenvalue weighted by Gasteiger charge is -2.07. The first-order valence-corrected chi connectivity index (χ1v) is 11.8. The van der Waals surface area contributed by atoms with Gasteiger partial charge in [0, 0.05) is 46.5 Å². The summed E-state index contributed by atoms with van der Waals surface area (Å²) in [5, 5.41) is 5.10. The van der Waals surface area contributed by atoms with Gasteiger partial charge in [-0.25, -0.2) is 0 Å². The molecule has 0 heterocycles. The number of carbonyl (C=O) groups is 7. The molecule has 9 heteroatoms. The summed E-state index contributed by atoms with van der Waals surface area (Å²) in [6, 6.07) is 7.97. The van der Waals surface area contributed by atoms with E-state index in [1.54, 1.807) is 0 Å². The van der Waals surface area contributed by atoms with Crippen molar-refractivity contribution in [2.75, 3.05) is 13.1 Å². The van der Waals surface area contributed by atoms with Gasteiger partial charge in [0.2, 0.25) is 11.8 Å². The SMILES string of the molecule is CCCNC(=O)C1C(=O)c2ccc(C(=O)c3ccc4c(c3)C(=O)C(C(=O)NCCC)C4=O)cc2C1=O. The zero-order chi connectivity index (χ0) is 26.1. The zero-order valence-corrected chi connectivity index (χ0v) is 19.8. The lowest BCUT2D eigenvalue weighted by molar-refractivity contribution is -0.123. The van der Waals surface area contributed by atoms with Crippen molar-refractivity contribution in [1.82, 2.24) is 10.6 Å². The van der Waals surface area contributed by atoms with E-state index < -0.39 is 52.6 Å². The van der Waals surface area contributed by atoms with Gasteiger partial charge in [0.1, 0.15) is 0 Å². The van der Waals surface area contributed by atoms with Gasteiger partial charge >= 0.3 is 0 Å². The van der Waals surface area contributed by atoms with Crippen molar-refractivity contribution in [3.05, 3.63) is 69.8 Å². The molecule has 0 aliphatic heterocycles. The molecular formula is C27H24N2O7. The average molecular weight is 488 g/mol. The quantitative estimate of drug-likeness (QED) is 0.427. The Kier molecular flexibility index (Phi) is 6.74. The third-order valence-electron chi connectivity index (χ3n) is 6.30. The number of Topliss-reactive ketones (excluding diaryl/α,β-unsaturated/α-hetero) is 4. The van der Waals surface area contributed by atoms with E-state index in [2.05, 4.69) is 10.6 Å². The van der Waals surface area contributed by atoms with Gasteiger partial charge in [-0.1, -0.05) is 26.0 Å². The van der Waals surface area contributed by atoms with E-state index in [1.807, 2.05) is 13.8 Å². The molecule has 2 aromatic rings. The number of nitrogens with one attached hydrogen (secondary N) is 2. The van der Waals surface area contributed by atoms with Crippen molar-refractivity contribution in [1.29, 1.82) is 0 Å². The molecule has 0 aromatic heterocycles. The molecule has 0 spiro atoms. The van der Waals surface area contributed by atoms with Gasteiger partial charge in [0.05, 0.1) is 0 Å². The summed E-state index contributed by atoms with van der Waals surface area (Å²) in [4.78, 5) is 88.8. The molecule has 2 aliphatic rings. The van der Waals surface area contributed by atoms with Crippen molar-refractivity contribution in [2.45, 2.75) is 26.7 Å². The van der Waals surface area contributed by atoms with Crippen molar-refractivity contribution >= 4 is 40.7 Å². The maximum absolute atomic E-state index is 13.2. The van der Waals surface area contributed by atoms with Crippen LogP contribution < -0.4 is 10.6 Å². The smallest absolute Gasteiger partial charge is 0.238 e. The number of benzene rings is 2. The van der Waals surface area contributed by atoms with Crippen LogP contribution in [0.1, 0.15) is 84.0 Å². The summed E-state index contributed by atoms with van der Waals surface area (Å²) < 4.78 is 0. The second-order valence-electron chi connectivity index (χ2n) is 8.75. The van der Waals surface area contributed by atoms with E-state index in [0.717, 1.165) is 0 Å². The Morgan fingerprint density at radius 3 is 1.33 bits per heavy atom. The maximum atomic E-state index is 13.2. The van der Waals surface area contributed by atoms with E-state index in [4.69, 9.17) is 0 Å². The lowest BCUT2D eigenvalue weighted by Crippen LogP contribution is -2.37. The van der Waals surface area contributed by atoms with Crippen LogP contribution in [-0.2, 0) is 9.59 Å². The molecule has 2 N–H and O–H groups in total. The summed E-state index contributed by atoms with van der Waals surface area (Å²) in [6.07, 6.45) is 1.29. The molecule has 0 radical (unpaired) electrons. The van der Waals surface area contributed by atoms with Gasteiger partial charge in [-0.3, -0.25) is 33.6 Å². The lowest BCUT2D eigenvalue weighted by atomic mass is 9.96. The van der Waals surface area contributed by atoms with E-state index in [-0.39, 0.29) is 33.4 Å². The zero-order valence-electron chi connectivity index (χ0n) is 19.8. The molecule has 184 valence electrons. The Bertz CT molecular complexity index is 1260. The molecule has 2 aromatic carbocycles. The van der Waals surface area contributed by atoms with Crippen molar-refractivity contribution in [3.8, 4) is 0 Å². The van der Waals surface area contributed by atoms with Crippen LogP contribution in [0.25, 0.3) is 0 Å². The monoisotopic (exact) mass is 488 g/mol. The fourth-order valence-corrected chi connectivity index (χ4v) is 4.41. The predicted molar refractivity (Wildman–Crippen MR) is 127 cm³/mol. The Balaban J connectivity index is 1.60. The van der Waals surface area contributed by atoms with E-state index in [9.17, 15) is 33.6 Å². The van der Waals surface area contributed by atoms with Gasteiger partial charge in [0.15, 0.2) is 40.8 Å². The van der Waals surface area contributed by atoms with Gasteiger partial charge in [-0.05, 0) is 37.1 Å². The number of hydrogen-bond acceptors (Lipinski definition) is 7. The third-order valence-corrected chi connectivity index (χ3v) is 6.30. The van der Waals surface area contributed by atoms with Gasteiger partial charge in [-0.15, -0.1) is 0 Å². The Morgan fingerprint density at radius 1 is 0.611 bits per heavy atom. The minimum Gasteiger partial charge on any atom is -0.355 e. The minimum atomic E-state index is -1.48. The van der Waals surface area contributed by atoms with Crippen molar-refractivity contribution < 1.29 is 33.6 Å². The molecule has 2 unspecified atom stereocenters. The highest BCUT2D eigenvalue weighted by Gasteiger charge is 2.45. The first-order chi connectivity index (χ1) is 17.2. The summed E-state index contributed by atoms with van der Waals surface area (Å²) in [5.74, 6) is -7.41. The highest BCUT2D eigenvalue weighted by atomic mass is 16.2. The molecule has 2 aliphatic carbocycles. The van der Waals surface area contributed by atoms with Crippen molar-refractivity contribution in [2.24, 2.45) is 11.8 Å². The molecule has 0 fully saturated rings. The van der Waals surface area contributed by atoms with Crippen LogP contribution in [0.2, 0.25) is 0 Å². The maximum Gasteiger partial charge on any atom is 0.238 e. The van der Waals surface area contributed by atoms with E-state index >= 15 is 0 Å². The number of carbonyl (C=O) groups excluding carboxylic acids is 7. The van der Waals surface area contributed by atoms with Crippen LogP contribution in [0.5, 0.6) is 0 Å². The normalized spacial score (nSPS) is 18.2. The minimum absolute atomic E-state index is 0.0115. The number of ketones is 5. The van der Waals surface area contributed by atoms with Crippen LogP contribution in [0.15, 0.2) is 36.4 Å². The second-order valence-corrected chi connectivity index (χ2v) is 8.75. The Labute approximate surface area is 206 Å². The third kappa shape index (κ3) is 4.06. The van der Waals surface area contributed by atoms with E-state index in [1.165, 1.54) is 36.4 Å². The summed E-state index contributed by atoms with van der Waals surface area (Å²) in [5.41, 5.74) is 0.287. The molecular weight excluding hydrogens is 464 g/mol. The second kappa shape index (κ2) is 9.77. The highest BCUT2D eigenvalue weighted by Crippen LogP contribution is 2.31. The molecule has 36 heavy (non-hydrogen) atoms. The fraction of sp³-hybridized carbons (Fsp3) is 0.296. The number of amides is 2. The summed E-state index contributed by atoms with van der Waals surface area (Å²) in [7, 11) is 0. The summed E-state index contributed by atoms with van der Waals surface area (Å²) >= 11 is 0. The predicted octanol–water partition coefficient (Wildman–Crippen LogP) is 1.96. The Hall–Kier alpha value is -4.27. The average Bonchev–Trinajstić information content (AvgIpc) is 3.28. The number of fused-ring (bicyclic) bond motifs is 2. The van der Waals surface area contributed by atoms with Crippen LogP contribution >= 0.6 is 0 Å². The summed E-state index contributed by atoms with van der Waals surface area (Å²) in [6.45, 7) is 4.34. The molecule has 2 atom stereocenters. The van der Waals surface area contributed by atoms with Gasteiger partial charge < -0.3 is 10.6 Å². The molecule has 0 saturated carbocycles. The molecule has 2 amide bonds. The molecule has 4 rings (SSSR count). The van der Waals surface area contributed by atoms with Crippen LogP contribution in [-0.4, -0.2) is 53.8 Å². The largest absolute Gasteiger partial charge is 0.355 e. The highest BCUT2D eigenvalue weighted by molar-refractivity contribution is 6.36. The van der Waals surface area contributed by atoms with Gasteiger partial charge in [0.25, 0.3) is 0 Å². The first kappa shape index (κ1) is 24.8. The van der Waals surface area contributed by atoms with Crippen LogP contribution in [0, 0.1) is 11.8 Å². The standard InChI is InChI=1S/C27H24N2O7/c1-3-9-28-26(35)19-22(31)15-7-5-13(11-17(15)24(19)33)21(30)14-6-8-16-18(12-14)25(34)20(23(16)32)27(36)29-10-4-2/h5-8,11-12,19-20H,3-4,9-10H2,1-2H3,(H,28,35)(H,29,36). The molecule has 9 nitrogen and oxygen atoms in total. The van der Waals surface area contributed by atoms with E-state index in [0.29, 0.717) is 25.9 Å².